The zero-order valence-electron chi connectivity index (χ0n) is 12.4. The Kier molecular flexibility index (Phi) is 5.60. The Hall–Kier alpha value is -1.35. The van der Waals surface area contributed by atoms with Crippen molar-refractivity contribution in [3.05, 3.63) is 35.9 Å². The standard InChI is InChI=1S/C17H26N2O/c1-14(9-11-18)7-8-17(20)19-12-10-16(13-19)15-5-3-2-4-6-15/h2-6,14,16H,7-13,18H2,1H3. The van der Waals surface area contributed by atoms with Crippen molar-refractivity contribution in [2.45, 2.75) is 38.5 Å². The van der Waals surface area contributed by atoms with Gasteiger partial charge in [-0.3, -0.25) is 4.79 Å². The summed E-state index contributed by atoms with van der Waals surface area (Å²) in [4.78, 5) is 14.3. The van der Waals surface area contributed by atoms with Crippen molar-refractivity contribution in [3.8, 4) is 0 Å². The summed E-state index contributed by atoms with van der Waals surface area (Å²) in [5.41, 5.74) is 6.91. The number of hydrogen-bond acceptors (Lipinski definition) is 2. The van der Waals surface area contributed by atoms with E-state index >= 15 is 0 Å². The molecule has 0 aromatic heterocycles. The molecule has 0 radical (unpaired) electrons. The van der Waals surface area contributed by atoms with Gasteiger partial charge in [-0.25, -0.2) is 0 Å². The van der Waals surface area contributed by atoms with Crippen LogP contribution in [0.1, 0.15) is 44.1 Å². The number of carbonyl (C=O) groups excluding carboxylic acids is 1. The molecular weight excluding hydrogens is 248 g/mol. The highest BCUT2D eigenvalue weighted by Gasteiger charge is 2.26. The molecule has 0 saturated carbocycles. The molecule has 2 unspecified atom stereocenters. The first kappa shape index (κ1) is 15.0. The normalized spacial score (nSPS) is 20.1. The summed E-state index contributed by atoms with van der Waals surface area (Å²) >= 11 is 0. The van der Waals surface area contributed by atoms with Crippen molar-refractivity contribution in [3.63, 3.8) is 0 Å². The third-order valence-electron chi connectivity index (χ3n) is 4.32. The van der Waals surface area contributed by atoms with Gasteiger partial charge in [0, 0.05) is 25.4 Å². The molecule has 1 fully saturated rings. The molecule has 0 spiro atoms. The second-order valence-corrected chi connectivity index (χ2v) is 5.96. The predicted molar refractivity (Wildman–Crippen MR) is 82.4 cm³/mol. The summed E-state index contributed by atoms with van der Waals surface area (Å²) in [7, 11) is 0. The van der Waals surface area contributed by atoms with Crippen LogP contribution in [0.3, 0.4) is 0 Å². The van der Waals surface area contributed by atoms with Gasteiger partial charge in [-0.15, -0.1) is 0 Å². The Morgan fingerprint density at radius 3 is 2.80 bits per heavy atom. The molecule has 1 aromatic carbocycles. The molecule has 2 rings (SSSR count). The van der Waals surface area contributed by atoms with Crippen LogP contribution in [0.15, 0.2) is 30.3 Å². The maximum absolute atomic E-state index is 12.2. The van der Waals surface area contributed by atoms with Crippen LogP contribution in [0.4, 0.5) is 0 Å². The van der Waals surface area contributed by atoms with E-state index in [-0.39, 0.29) is 0 Å². The minimum atomic E-state index is 0.312. The lowest BCUT2D eigenvalue weighted by atomic mass is 9.99. The van der Waals surface area contributed by atoms with Crippen LogP contribution in [0.2, 0.25) is 0 Å². The molecule has 1 aliphatic heterocycles. The summed E-state index contributed by atoms with van der Waals surface area (Å²) in [5, 5.41) is 0. The van der Waals surface area contributed by atoms with Gasteiger partial charge in [0.2, 0.25) is 5.91 Å². The van der Waals surface area contributed by atoms with Crippen LogP contribution in [0.5, 0.6) is 0 Å². The summed E-state index contributed by atoms with van der Waals surface area (Å²) < 4.78 is 0. The van der Waals surface area contributed by atoms with Gasteiger partial charge < -0.3 is 10.6 Å². The molecule has 3 heteroatoms. The van der Waals surface area contributed by atoms with Crippen molar-refractivity contribution in [2.24, 2.45) is 11.7 Å². The van der Waals surface area contributed by atoms with E-state index in [4.69, 9.17) is 5.73 Å². The first-order valence-electron chi connectivity index (χ1n) is 7.73. The Bertz CT molecular complexity index is 418. The largest absolute Gasteiger partial charge is 0.342 e. The smallest absolute Gasteiger partial charge is 0.222 e. The maximum Gasteiger partial charge on any atom is 0.222 e. The van der Waals surface area contributed by atoms with Crippen LogP contribution in [-0.2, 0) is 4.79 Å². The third-order valence-corrected chi connectivity index (χ3v) is 4.32. The van der Waals surface area contributed by atoms with Gasteiger partial charge >= 0.3 is 0 Å². The van der Waals surface area contributed by atoms with E-state index in [1.807, 2.05) is 11.0 Å². The molecular formula is C17H26N2O. The highest BCUT2D eigenvalue weighted by molar-refractivity contribution is 5.76. The molecule has 1 saturated heterocycles. The Balaban J connectivity index is 1.79. The van der Waals surface area contributed by atoms with Gasteiger partial charge in [-0.2, -0.15) is 0 Å². The van der Waals surface area contributed by atoms with Crippen LogP contribution in [-0.4, -0.2) is 30.4 Å². The summed E-state index contributed by atoms with van der Waals surface area (Å²) in [6.07, 6.45) is 3.74. The third kappa shape index (κ3) is 4.07. The SMILES string of the molecule is CC(CCN)CCC(=O)N1CCC(c2ccccc2)C1. The monoisotopic (exact) mass is 274 g/mol. The molecule has 1 aliphatic rings. The quantitative estimate of drug-likeness (QED) is 0.867. The number of nitrogens with two attached hydrogens (primary N) is 1. The van der Waals surface area contributed by atoms with Crippen molar-refractivity contribution >= 4 is 5.91 Å². The average molecular weight is 274 g/mol. The lowest BCUT2D eigenvalue weighted by molar-refractivity contribution is -0.130. The van der Waals surface area contributed by atoms with Gasteiger partial charge in [-0.05, 0) is 37.3 Å². The molecule has 2 N–H and O–H groups in total. The topological polar surface area (TPSA) is 46.3 Å². The van der Waals surface area contributed by atoms with Crippen LogP contribution < -0.4 is 5.73 Å². The zero-order valence-corrected chi connectivity index (χ0v) is 12.4. The number of likely N-dealkylation sites (tertiary alicyclic amines) is 1. The maximum atomic E-state index is 12.2. The lowest BCUT2D eigenvalue weighted by Gasteiger charge is -2.18. The minimum absolute atomic E-state index is 0.312. The molecule has 0 bridgehead atoms. The van der Waals surface area contributed by atoms with Crippen molar-refractivity contribution in [1.29, 1.82) is 0 Å². The van der Waals surface area contributed by atoms with E-state index in [1.165, 1.54) is 5.56 Å². The fourth-order valence-electron chi connectivity index (χ4n) is 2.94. The van der Waals surface area contributed by atoms with E-state index in [0.29, 0.717) is 24.2 Å². The predicted octanol–water partition coefficient (Wildman–Crippen LogP) is 2.77. The highest BCUT2D eigenvalue weighted by Crippen LogP contribution is 2.27. The van der Waals surface area contributed by atoms with Crippen LogP contribution >= 0.6 is 0 Å². The Morgan fingerprint density at radius 1 is 1.35 bits per heavy atom. The lowest BCUT2D eigenvalue weighted by Crippen LogP contribution is -2.28. The van der Waals surface area contributed by atoms with Crippen LogP contribution in [0, 0.1) is 5.92 Å². The first-order valence-corrected chi connectivity index (χ1v) is 7.73. The first-order chi connectivity index (χ1) is 9.70. The molecule has 1 aromatic rings. The van der Waals surface area contributed by atoms with E-state index in [1.54, 1.807) is 0 Å². The number of benzene rings is 1. The Morgan fingerprint density at radius 2 is 2.10 bits per heavy atom. The van der Waals surface area contributed by atoms with E-state index in [0.717, 1.165) is 38.9 Å². The van der Waals surface area contributed by atoms with Crippen molar-refractivity contribution in [2.75, 3.05) is 19.6 Å². The van der Waals surface area contributed by atoms with E-state index in [2.05, 4.69) is 31.2 Å². The van der Waals surface area contributed by atoms with Crippen molar-refractivity contribution in [1.82, 2.24) is 4.90 Å². The molecule has 3 nitrogen and oxygen atoms in total. The van der Waals surface area contributed by atoms with Crippen LogP contribution in [0.25, 0.3) is 0 Å². The fraction of sp³-hybridized carbons (Fsp3) is 0.588. The second kappa shape index (κ2) is 7.44. The highest BCUT2D eigenvalue weighted by atomic mass is 16.2. The van der Waals surface area contributed by atoms with Gasteiger partial charge in [0.15, 0.2) is 0 Å². The van der Waals surface area contributed by atoms with Gasteiger partial charge in [0.25, 0.3) is 0 Å². The number of hydrogen-bond donors (Lipinski definition) is 1. The minimum Gasteiger partial charge on any atom is -0.342 e. The molecule has 1 amide bonds. The van der Waals surface area contributed by atoms with Gasteiger partial charge in [0.05, 0.1) is 0 Å². The zero-order chi connectivity index (χ0) is 14.4. The molecule has 110 valence electrons. The molecule has 0 aliphatic carbocycles. The van der Waals surface area contributed by atoms with Crippen molar-refractivity contribution < 1.29 is 4.79 Å². The number of nitrogens with zero attached hydrogens (tertiary/aromatic N) is 1. The van der Waals surface area contributed by atoms with E-state index in [9.17, 15) is 4.79 Å². The number of rotatable bonds is 6. The second-order valence-electron chi connectivity index (χ2n) is 5.96. The summed E-state index contributed by atoms with van der Waals surface area (Å²) in [5.74, 6) is 1.38. The molecule has 20 heavy (non-hydrogen) atoms. The fourth-order valence-corrected chi connectivity index (χ4v) is 2.94. The van der Waals surface area contributed by atoms with E-state index < -0.39 is 0 Å². The summed E-state index contributed by atoms with van der Waals surface area (Å²) in [6.45, 7) is 4.68. The molecule has 1 heterocycles. The number of amides is 1. The van der Waals surface area contributed by atoms with Gasteiger partial charge in [-0.1, -0.05) is 37.3 Å². The van der Waals surface area contributed by atoms with Gasteiger partial charge in [0.1, 0.15) is 0 Å². The Labute approximate surface area is 122 Å². The average Bonchev–Trinajstić information content (AvgIpc) is 2.96. The number of carbonyl (C=O) groups is 1. The summed E-state index contributed by atoms with van der Waals surface area (Å²) in [6, 6.07) is 10.5. The molecule has 2 atom stereocenters.